The van der Waals surface area contributed by atoms with Crippen molar-refractivity contribution in [2.75, 3.05) is 5.32 Å². The third-order valence-electron chi connectivity index (χ3n) is 1.61. The Hall–Kier alpha value is -1.22. The van der Waals surface area contributed by atoms with Gasteiger partial charge in [-0.3, -0.25) is 4.79 Å². The zero-order valence-corrected chi connectivity index (χ0v) is 7.10. The second kappa shape index (κ2) is 3.03. The number of thioether (sulfide) groups is 1. The van der Waals surface area contributed by atoms with Crippen molar-refractivity contribution in [3.05, 3.63) is 35.4 Å². The van der Waals surface area contributed by atoms with Crippen LogP contribution in [0.5, 0.6) is 0 Å². The van der Waals surface area contributed by atoms with Gasteiger partial charge in [0.1, 0.15) is 0 Å². The maximum atomic E-state index is 10.4. The smallest absolute Gasteiger partial charge is 0.166 e. The monoisotopic (exact) mass is 177 g/mol. The molecule has 1 heterocycles. The molecule has 1 aromatic carbocycles. The molecule has 0 saturated carbocycles. The first-order valence-corrected chi connectivity index (χ1v) is 4.46. The number of rotatable bonds is 1. The highest BCUT2D eigenvalue weighted by Gasteiger charge is 2.07. The molecule has 0 radical (unpaired) electrons. The van der Waals surface area contributed by atoms with Crippen molar-refractivity contribution >= 4 is 23.7 Å². The summed E-state index contributed by atoms with van der Waals surface area (Å²) < 4.78 is 0. The minimum absolute atomic E-state index is 0.624. The van der Waals surface area contributed by atoms with Gasteiger partial charge in [-0.1, -0.05) is 23.9 Å². The van der Waals surface area contributed by atoms with Gasteiger partial charge in [-0.05, 0) is 12.1 Å². The summed E-state index contributed by atoms with van der Waals surface area (Å²) in [5.41, 5.74) is 1.63. The Balaban J connectivity index is 2.36. The van der Waals surface area contributed by atoms with Crippen molar-refractivity contribution in [3.8, 4) is 0 Å². The van der Waals surface area contributed by atoms with Crippen molar-refractivity contribution in [3.63, 3.8) is 0 Å². The Bertz CT molecular complexity index is 346. The van der Waals surface area contributed by atoms with Gasteiger partial charge in [0, 0.05) is 10.3 Å². The fraction of sp³-hybridized carbons (Fsp3) is 0. The predicted octanol–water partition coefficient (Wildman–Crippen LogP) is 2.24. The van der Waals surface area contributed by atoms with Crippen molar-refractivity contribution in [2.24, 2.45) is 0 Å². The third kappa shape index (κ3) is 1.23. The number of carbonyl (C=O) groups excluding carboxylic acids is 1. The van der Waals surface area contributed by atoms with Gasteiger partial charge in [0.25, 0.3) is 0 Å². The Morgan fingerprint density at radius 3 is 3.00 bits per heavy atom. The average molecular weight is 177 g/mol. The average Bonchev–Trinajstić information content (AvgIpc) is 2.17. The molecule has 0 amide bonds. The lowest BCUT2D eigenvalue weighted by Gasteiger charge is -2.14. The molecule has 12 heavy (non-hydrogen) atoms. The maximum Gasteiger partial charge on any atom is 0.166 e. The molecule has 0 atom stereocenters. The topological polar surface area (TPSA) is 29.1 Å². The number of benzene rings is 1. The molecule has 60 valence electrons. The number of nitrogens with one attached hydrogen (secondary N) is 1. The lowest BCUT2D eigenvalue weighted by Crippen LogP contribution is -2.03. The van der Waals surface area contributed by atoms with Crippen LogP contribution in [-0.4, -0.2) is 6.29 Å². The molecular weight excluding hydrogens is 170 g/mol. The van der Waals surface area contributed by atoms with E-state index in [1.807, 2.05) is 29.7 Å². The predicted molar refractivity (Wildman–Crippen MR) is 50.1 cm³/mol. The summed E-state index contributed by atoms with van der Waals surface area (Å²) in [5.74, 6) is 0. The highest BCUT2D eigenvalue weighted by atomic mass is 32.2. The number of anilines is 1. The molecule has 0 aliphatic carbocycles. The molecule has 0 bridgehead atoms. The van der Waals surface area contributed by atoms with Gasteiger partial charge in [-0.15, -0.1) is 0 Å². The molecule has 2 nitrogen and oxygen atoms in total. The number of hydrogen-bond acceptors (Lipinski definition) is 3. The molecule has 3 heteroatoms. The van der Waals surface area contributed by atoms with E-state index in [1.165, 1.54) is 0 Å². The van der Waals surface area contributed by atoms with E-state index in [0.29, 0.717) is 5.70 Å². The van der Waals surface area contributed by atoms with E-state index in [0.717, 1.165) is 16.9 Å². The first-order valence-electron chi connectivity index (χ1n) is 3.58. The van der Waals surface area contributed by atoms with E-state index in [1.54, 1.807) is 11.8 Å². The highest BCUT2D eigenvalue weighted by Crippen LogP contribution is 2.32. The molecule has 1 aliphatic rings. The van der Waals surface area contributed by atoms with Crippen LogP contribution in [0.25, 0.3) is 0 Å². The largest absolute Gasteiger partial charge is 0.352 e. The number of para-hydroxylation sites is 1. The maximum absolute atomic E-state index is 10.4. The van der Waals surface area contributed by atoms with Gasteiger partial charge in [0.05, 0.1) is 11.4 Å². The van der Waals surface area contributed by atoms with Crippen molar-refractivity contribution in [2.45, 2.75) is 4.90 Å². The minimum Gasteiger partial charge on any atom is -0.352 e. The molecule has 1 aliphatic heterocycles. The van der Waals surface area contributed by atoms with E-state index >= 15 is 0 Å². The molecule has 0 unspecified atom stereocenters. The van der Waals surface area contributed by atoms with Gasteiger partial charge >= 0.3 is 0 Å². The molecule has 1 N–H and O–H groups in total. The van der Waals surface area contributed by atoms with Crippen LogP contribution >= 0.6 is 11.8 Å². The summed E-state index contributed by atoms with van der Waals surface area (Å²) in [6.07, 6.45) is 0.822. The van der Waals surface area contributed by atoms with Crippen LogP contribution in [0.2, 0.25) is 0 Å². The summed E-state index contributed by atoms with van der Waals surface area (Å²) in [4.78, 5) is 11.6. The number of carbonyl (C=O) groups is 1. The fourth-order valence-electron chi connectivity index (χ4n) is 1.04. The van der Waals surface area contributed by atoms with E-state index in [9.17, 15) is 4.79 Å². The Morgan fingerprint density at radius 2 is 2.17 bits per heavy atom. The molecule has 1 aromatic rings. The van der Waals surface area contributed by atoms with Crippen LogP contribution < -0.4 is 5.32 Å². The molecule has 2 rings (SSSR count). The number of fused-ring (bicyclic) bond motifs is 1. The molecule has 0 aromatic heterocycles. The molecule has 0 saturated heterocycles. The summed E-state index contributed by atoms with van der Waals surface area (Å²) in [7, 11) is 0. The Morgan fingerprint density at radius 1 is 1.33 bits per heavy atom. The van der Waals surface area contributed by atoms with E-state index < -0.39 is 0 Å². The first-order chi connectivity index (χ1) is 5.90. The molecule has 0 spiro atoms. The summed E-state index contributed by atoms with van der Waals surface area (Å²) in [6, 6.07) is 7.90. The van der Waals surface area contributed by atoms with Crippen LogP contribution in [0.4, 0.5) is 5.69 Å². The summed E-state index contributed by atoms with van der Waals surface area (Å²) in [6.45, 7) is 0. The van der Waals surface area contributed by atoms with Gasteiger partial charge < -0.3 is 5.32 Å². The third-order valence-corrected chi connectivity index (χ3v) is 2.59. The van der Waals surface area contributed by atoms with Crippen LogP contribution in [0.3, 0.4) is 0 Å². The van der Waals surface area contributed by atoms with E-state index in [-0.39, 0.29) is 0 Å². The van der Waals surface area contributed by atoms with Gasteiger partial charge in [-0.25, -0.2) is 0 Å². The van der Waals surface area contributed by atoms with Gasteiger partial charge in [-0.2, -0.15) is 0 Å². The standard InChI is InChI=1S/C9H7NOS/c11-5-7-6-12-9-4-2-1-3-8(9)10-7/h1-6,10H. The quantitative estimate of drug-likeness (QED) is 0.667. The Labute approximate surface area is 74.7 Å². The van der Waals surface area contributed by atoms with Gasteiger partial charge in [0.2, 0.25) is 0 Å². The van der Waals surface area contributed by atoms with Crippen molar-refractivity contribution < 1.29 is 4.79 Å². The molecular formula is C9H7NOS. The summed E-state index contributed by atoms with van der Waals surface area (Å²) in [5, 5.41) is 4.83. The second-order valence-electron chi connectivity index (χ2n) is 2.43. The van der Waals surface area contributed by atoms with Gasteiger partial charge in [0.15, 0.2) is 6.29 Å². The van der Waals surface area contributed by atoms with Crippen LogP contribution in [0.1, 0.15) is 0 Å². The van der Waals surface area contributed by atoms with Crippen molar-refractivity contribution in [1.82, 2.24) is 0 Å². The van der Waals surface area contributed by atoms with E-state index in [4.69, 9.17) is 0 Å². The van der Waals surface area contributed by atoms with Crippen LogP contribution in [0, 0.1) is 0 Å². The molecule has 0 fully saturated rings. The Kier molecular flexibility index (Phi) is 1.87. The SMILES string of the molecule is O=CC1=CSc2ccccc2N1. The number of aldehydes is 1. The highest BCUT2D eigenvalue weighted by molar-refractivity contribution is 8.02. The van der Waals surface area contributed by atoms with Crippen LogP contribution in [-0.2, 0) is 4.79 Å². The zero-order chi connectivity index (χ0) is 8.39. The number of allylic oxidation sites excluding steroid dienone is 1. The van der Waals surface area contributed by atoms with Crippen molar-refractivity contribution in [1.29, 1.82) is 0 Å². The lowest BCUT2D eigenvalue weighted by atomic mass is 10.3. The van der Waals surface area contributed by atoms with Crippen LogP contribution in [0.15, 0.2) is 40.3 Å². The number of hydrogen-bond donors (Lipinski definition) is 1. The fourth-order valence-corrected chi connectivity index (χ4v) is 1.81. The normalized spacial score (nSPS) is 14.2. The first kappa shape index (κ1) is 7.43. The minimum atomic E-state index is 0.624. The zero-order valence-electron chi connectivity index (χ0n) is 6.28. The second-order valence-corrected chi connectivity index (χ2v) is 3.34. The van der Waals surface area contributed by atoms with E-state index in [2.05, 4.69) is 5.32 Å². The lowest BCUT2D eigenvalue weighted by molar-refractivity contribution is -0.104. The summed E-state index contributed by atoms with van der Waals surface area (Å²) >= 11 is 1.57.